The van der Waals surface area contributed by atoms with Crippen molar-refractivity contribution in [3.8, 4) is 5.69 Å². The van der Waals surface area contributed by atoms with Gasteiger partial charge in [-0.15, -0.1) is 5.10 Å². The Hall–Kier alpha value is -2.75. The lowest BCUT2D eigenvalue weighted by Gasteiger charge is -2.10. The van der Waals surface area contributed by atoms with E-state index in [1.165, 1.54) is 11.1 Å². The van der Waals surface area contributed by atoms with Crippen molar-refractivity contribution in [2.24, 2.45) is 0 Å². The number of hydrogen-bond donors (Lipinski definition) is 0. The van der Waals surface area contributed by atoms with Crippen molar-refractivity contribution in [1.82, 2.24) is 15.0 Å². The molecule has 1 heterocycles. The molecule has 3 aromatic rings. The summed E-state index contributed by atoms with van der Waals surface area (Å²) >= 11 is 0. The largest absolute Gasteiger partial charge is 0.296 e. The highest BCUT2D eigenvalue weighted by Crippen LogP contribution is 2.19. The lowest BCUT2D eigenvalue weighted by atomic mass is 10.1. The summed E-state index contributed by atoms with van der Waals surface area (Å²) in [5.41, 5.74) is 5.80. The lowest BCUT2D eigenvalue weighted by Crippen LogP contribution is -2.07. The monoisotopic (exact) mass is 305 g/mol. The van der Waals surface area contributed by atoms with E-state index in [2.05, 4.69) is 35.4 Å². The molecule has 0 fully saturated rings. The van der Waals surface area contributed by atoms with E-state index in [1.54, 1.807) is 4.68 Å². The number of aromatic nitrogens is 3. The number of aryl methyl sites for hydroxylation is 3. The normalized spacial score (nSPS) is 10.7. The minimum atomic E-state index is 0.418. The third-order valence-electron chi connectivity index (χ3n) is 3.98. The van der Waals surface area contributed by atoms with E-state index in [0.29, 0.717) is 5.69 Å². The molecule has 4 nitrogen and oxygen atoms in total. The number of hydrogen-bond acceptors (Lipinski definition) is 3. The number of carbonyl (C=O) groups is 1. The van der Waals surface area contributed by atoms with Crippen LogP contribution in [0, 0.1) is 13.8 Å². The van der Waals surface area contributed by atoms with Gasteiger partial charge in [0.05, 0.1) is 11.4 Å². The van der Waals surface area contributed by atoms with Gasteiger partial charge in [-0.25, -0.2) is 4.68 Å². The van der Waals surface area contributed by atoms with Gasteiger partial charge in [0, 0.05) is 0 Å². The molecule has 4 heteroatoms. The summed E-state index contributed by atoms with van der Waals surface area (Å²) in [6.07, 6.45) is 2.35. The average Bonchev–Trinajstić information content (AvgIpc) is 2.96. The van der Waals surface area contributed by atoms with Crippen LogP contribution in [0.2, 0.25) is 0 Å². The van der Waals surface area contributed by atoms with Gasteiger partial charge in [-0.05, 0) is 43.9 Å². The van der Waals surface area contributed by atoms with Crippen LogP contribution in [-0.4, -0.2) is 21.3 Å². The van der Waals surface area contributed by atoms with Crippen LogP contribution in [-0.2, 0) is 12.8 Å². The van der Waals surface area contributed by atoms with Crippen molar-refractivity contribution in [1.29, 1.82) is 0 Å². The zero-order chi connectivity index (χ0) is 16.2. The Bertz CT molecular complexity index is 822. The van der Waals surface area contributed by atoms with Crippen molar-refractivity contribution in [3.05, 3.63) is 76.6 Å². The van der Waals surface area contributed by atoms with Crippen molar-refractivity contribution >= 4 is 6.29 Å². The maximum absolute atomic E-state index is 11.3. The van der Waals surface area contributed by atoms with E-state index >= 15 is 0 Å². The van der Waals surface area contributed by atoms with Crippen molar-refractivity contribution in [3.63, 3.8) is 0 Å². The molecule has 0 saturated heterocycles. The topological polar surface area (TPSA) is 47.8 Å². The highest BCUT2D eigenvalue weighted by molar-refractivity contribution is 5.73. The molecule has 0 bridgehead atoms. The van der Waals surface area contributed by atoms with Gasteiger partial charge in [-0.3, -0.25) is 4.79 Å². The van der Waals surface area contributed by atoms with Gasteiger partial charge < -0.3 is 0 Å². The van der Waals surface area contributed by atoms with Gasteiger partial charge in [-0.1, -0.05) is 53.2 Å². The average molecular weight is 305 g/mol. The molecule has 0 unspecified atom stereocenters. The lowest BCUT2D eigenvalue weighted by molar-refractivity contribution is 0.111. The standard InChI is InChI=1S/C19H19N3O/c1-14-8-10-18(15(2)12-14)22-19(17(13-23)20-21-22)11-9-16-6-4-3-5-7-16/h3-8,10,12-13H,9,11H2,1-2H3. The highest BCUT2D eigenvalue weighted by atomic mass is 16.1. The maximum atomic E-state index is 11.3. The molecule has 23 heavy (non-hydrogen) atoms. The van der Waals surface area contributed by atoms with Crippen molar-refractivity contribution in [2.75, 3.05) is 0 Å². The third kappa shape index (κ3) is 3.21. The fourth-order valence-electron chi connectivity index (χ4n) is 2.78. The summed E-state index contributed by atoms with van der Waals surface area (Å²) in [5, 5.41) is 8.23. The minimum absolute atomic E-state index is 0.418. The Morgan fingerprint density at radius 3 is 2.52 bits per heavy atom. The molecule has 0 spiro atoms. The number of carbonyl (C=O) groups excluding carboxylic acids is 1. The van der Waals surface area contributed by atoms with Crippen molar-refractivity contribution < 1.29 is 4.79 Å². The quantitative estimate of drug-likeness (QED) is 0.678. The summed E-state index contributed by atoms with van der Waals surface area (Å²) in [5.74, 6) is 0. The first kappa shape index (κ1) is 15.2. The summed E-state index contributed by atoms with van der Waals surface area (Å²) in [4.78, 5) is 11.3. The molecular weight excluding hydrogens is 286 g/mol. The van der Waals surface area contributed by atoms with Crippen LogP contribution in [0.1, 0.15) is 32.9 Å². The molecule has 0 aliphatic carbocycles. The Morgan fingerprint density at radius 1 is 1.04 bits per heavy atom. The highest BCUT2D eigenvalue weighted by Gasteiger charge is 2.15. The first-order valence-corrected chi connectivity index (χ1v) is 7.70. The third-order valence-corrected chi connectivity index (χ3v) is 3.98. The first-order valence-electron chi connectivity index (χ1n) is 7.70. The summed E-state index contributed by atoms with van der Waals surface area (Å²) in [7, 11) is 0. The zero-order valence-corrected chi connectivity index (χ0v) is 13.4. The van der Waals surface area contributed by atoms with Gasteiger partial charge in [-0.2, -0.15) is 0 Å². The Balaban J connectivity index is 1.95. The Kier molecular flexibility index (Phi) is 4.33. The number of rotatable bonds is 5. The summed E-state index contributed by atoms with van der Waals surface area (Å²) in [6, 6.07) is 16.4. The van der Waals surface area contributed by atoms with Crippen LogP contribution in [0.5, 0.6) is 0 Å². The van der Waals surface area contributed by atoms with Crippen LogP contribution in [0.4, 0.5) is 0 Å². The van der Waals surface area contributed by atoms with Crippen molar-refractivity contribution in [2.45, 2.75) is 26.7 Å². The minimum Gasteiger partial charge on any atom is -0.296 e. The second-order valence-electron chi connectivity index (χ2n) is 5.73. The number of aldehydes is 1. The summed E-state index contributed by atoms with van der Waals surface area (Å²) < 4.78 is 1.79. The zero-order valence-electron chi connectivity index (χ0n) is 13.4. The fourth-order valence-corrected chi connectivity index (χ4v) is 2.78. The van der Waals surface area contributed by atoms with Crippen LogP contribution >= 0.6 is 0 Å². The van der Waals surface area contributed by atoms with E-state index in [9.17, 15) is 4.79 Å². The molecule has 0 N–H and O–H groups in total. The second kappa shape index (κ2) is 6.57. The fraction of sp³-hybridized carbons (Fsp3) is 0.211. The maximum Gasteiger partial charge on any atom is 0.172 e. The predicted molar refractivity (Wildman–Crippen MR) is 90.1 cm³/mol. The molecule has 0 atom stereocenters. The first-order chi connectivity index (χ1) is 11.2. The van der Waals surface area contributed by atoms with Gasteiger partial charge >= 0.3 is 0 Å². The number of benzene rings is 2. The number of nitrogens with zero attached hydrogens (tertiary/aromatic N) is 3. The Labute approximate surface area is 135 Å². The SMILES string of the molecule is Cc1ccc(-n2nnc(C=O)c2CCc2ccccc2)c(C)c1. The smallest absolute Gasteiger partial charge is 0.172 e. The van der Waals surface area contributed by atoms with Crippen LogP contribution in [0.15, 0.2) is 48.5 Å². The van der Waals surface area contributed by atoms with Gasteiger partial charge in [0.25, 0.3) is 0 Å². The molecule has 1 aromatic heterocycles. The van der Waals surface area contributed by atoms with Crippen LogP contribution in [0.25, 0.3) is 5.69 Å². The second-order valence-corrected chi connectivity index (χ2v) is 5.73. The molecule has 0 amide bonds. The van der Waals surface area contributed by atoms with Crippen LogP contribution in [0.3, 0.4) is 0 Å². The Morgan fingerprint density at radius 2 is 1.83 bits per heavy atom. The van der Waals surface area contributed by atoms with Gasteiger partial charge in [0.1, 0.15) is 5.69 Å². The molecule has 0 aliphatic heterocycles. The molecule has 116 valence electrons. The predicted octanol–water partition coefficient (Wildman–Crippen LogP) is 3.48. The van der Waals surface area contributed by atoms with E-state index < -0.39 is 0 Å². The molecule has 0 aliphatic rings. The summed E-state index contributed by atoms with van der Waals surface area (Å²) in [6.45, 7) is 4.11. The van der Waals surface area contributed by atoms with E-state index in [1.807, 2.05) is 37.3 Å². The van der Waals surface area contributed by atoms with Gasteiger partial charge in [0.2, 0.25) is 0 Å². The molecule has 3 rings (SSSR count). The van der Waals surface area contributed by atoms with E-state index in [4.69, 9.17) is 0 Å². The molecular formula is C19H19N3O. The molecule has 2 aromatic carbocycles. The van der Waals surface area contributed by atoms with Crippen LogP contribution < -0.4 is 0 Å². The molecule has 0 saturated carbocycles. The van der Waals surface area contributed by atoms with E-state index in [-0.39, 0.29) is 0 Å². The van der Waals surface area contributed by atoms with Gasteiger partial charge in [0.15, 0.2) is 6.29 Å². The molecule has 0 radical (unpaired) electrons. The van der Waals surface area contributed by atoms with E-state index in [0.717, 1.165) is 36.1 Å².